The van der Waals surface area contributed by atoms with Crippen molar-refractivity contribution in [2.45, 2.75) is 6.92 Å². The maximum atomic E-state index is 13.2. The quantitative estimate of drug-likeness (QED) is 0.653. The van der Waals surface area contributed by atoms with Gasteiger partial charge in [0.1, 0.15) is 5.58 Å². The minimum Gasteiger partial charge on any atom is -0.453 e. The number of halogens is 2. The Hall–Kier alpha value is -2.49. The molecule has 0 amide bonds. The molecular formula is C16H10F2O2. The van der Waals surface area contributed by atoms with Crippen LogP contribution < -0.4 is 0 Å². The number of aryl methyl sites for hydroxylation is 1. The number of benzene rings is 2. The average molecular weight is 272 g/mol. The molecule has 0 saturated heterocycles. The third-order valence-electron chi connectivity index (χ3n) is 3.08. The van der Waals surface area contributed by atoms with Gasteiger partial charge in [-0.15, -0.1) is 0 Å². The van der Waals surface area contributed by atoms with Crippen molar-refractivity contribution in [3.8, 4) is 0 Å². The first-order valence-electron chi connectivity index (χ1n) is 6.04. The number of fused-ring (bicyclic) bond motifs is 1. The zero-order chi connectivity index (χ0) is 14.3. The molecule has 0 aliphatic carbocycles. The molecular weight excluding hydrogens is 262 g/mol. The second-order valence-corrected chi connectivity index (χ2v) is 4.61. The maximum Gasteiger partial charge on any atom is 0.228 e. The van der Waals surface area contributed by atoms with Crippen LogP contribution in [-0.4, -0.2) is 5.78 Å². The van der Waals surface area contributed by atoms with Crippen LogP contribution in [0.2, 0.25) is 0 Å². The largest absolute Gasteiger partial charge is 0.453 e. The Bertz CT molecular complexity index is 818. The molecule has 2 aromatic carbocycles. The van der Waals surface area contributed by atoms with E-state index in [1.165, 1.54) is 6.07 Å². The van der Waals surface area contributed by atoms with Gasteiger partial charge in [0.15, 0.2) is 17.4 Å². The summed E-state index contributed by atoms with van der Waals surface area (Å²) < 4.78 is 31.5. The monoisotopic (exact) mass is 272 g/mol. The normalized spacial score (nSPS) is 10.9. The molecule has 2 nitrogen and oxygen atoms in total. The highest BCUT2D eigenvalue weighted by Crippen LogP contribution is 2.23. The number of hydrogen-bond donors (Lipinski definition) is 0. The molecule has 100 valence electrons. The molecule has 0 saturated carbocycles. The Morgan fingerprint density at radius 2 is 1.80 bits per heavy atom. The van der Waals surface area contributed by atoms with Crippen molar-refractivity contribution in [1.29, 1.82) is 0 Å². The van der Waals surface area contributed by atoms with Crippen molar-refractivity contribution >= 4 is 16.8 Å². The molecule has 0 radical (unpaired) electrons. The lowest BCUT2D eigenvalue weighted by atomic mass is 10.1. The fourth-order valence-corrected chi connectivity index (χ4v) is 2.05. The minimum absolute atomic E-state index is 0.0553. The molecule has 0 bridgehead atoms. The first kappa shape index (κ1) is 12.5. The lowest BCUT2D eigenvalue weighted by molar-refractivity contribution is 0.101. The zero-order valence-corrected chi connectivity index (χ0v) is 10.6. The van der Waals surface area contributed by atoms with E-state index in [0.717, 1.165) is 23.1 Å². The highest BCUT2D eigenvalue weighted by atomic mass is 19.2. The molecule has 0 unspecified atom stereocenters. The summed E-state index contributed by atoms with van der Waals surface area (Å²) in [6.07, 6.45) is 0. The number of carbonyl (C=O) groups excluding carboxylic acids is 1. The molecule has 0 N–H and O–H groups in total. The van der Waals surface area contributed by atoms with Crippen LogP contribution >= 0.6 is 0 Å². The van der Waals surface area contributed by atoms with Crippen LogP contribution in [-0.2, 0) is 0 Å². The van der Waals surface area contributed by atoms with E-state index >= 15 is 0 Å². The molecule has 20 heavy (non-hydrogen) atoms. The Kier molecular flexibility index (Phi) is 2.86. The zero-order valence-electron chi connectivity index (χ0n) is 10.6. The van der Waals surface area contributed by atoms with Gasteiger partial charge in [-0.25, -0.2) is 8.78 Å². The lowest BCUT2D eigenvalue weighted by Gasteiger charge is -1.98. The second kappa shape index (κ2) is 4.56. The van der Waals surface area contributed by atoms with Crippen molar-refractivity contribution in [1.82, 2.24) is 0 Å². The molecule has 0 aliphatic heterocycles. The van der Waals surface area contributed by atoms with Gasteiger partial charge in [-0.2, -0.15) is 0 Å². The van der Waals surface area contributed by atoms with Gasteiger partial charge in [-0.05, 0) is 43.3 Å². The van der Waals surface area contributed by atoms with Crippen LogP contribution in [0.1, 0.15) is 21.7 Å². The predicted molar refractivity (Wildman–Crippen MR) is 70.7 cm³/mol. The summed E-state index contributed by atoms with van der Waals surface area (Å²) in [7, 11) is 0. The summed E-state index contributed by atoms with van der Waals surface area (Å²) in [5.74, 6) is -2.40. The van der Waals surface area contributed by atoms with E-state index in [-0.39, 0.29) is 11.3 Å². The fraction of sp³-hybridized carbons (Fsp3) is 0.0625. The van der Waals surface area contributed by atoms with Crippen LogP contribution in [0.5, 0.6) is 0 Å². The van der Waals surface area contributed by atoms with E-state index in [9.17, 15) is 13.6 Å². The van der Waals surface area contributed by atoms with Crippen molar-refractivity contribution in [2.75, 3.05) is 0 Å². The van der Waals surface area contributed by atoms with Crippen LogP contribution in [0.15, 0.2) is 46.9 Å². The second-order valence-electron chi connectivity index (χ2n) is 4.61. The maximum absolute atomic E-state index is 13.2. The van der Waals surface area contributed by atoms with Crippen LogP contribution in [0, 0.1) is 18.6 Å². The molecule has 3 rings (SSSR count). The molecule has 0 aliphatic rings. The van der Waals surface area contributed by atoms with Crippen molar-refractivity contribution in [3.63, 3.8) is 0 Å². The van der Waals surface area contributed by atoms with Gasteiger partial charge in [0.25, 0.3) is 0 Å². The smallest absolute Gasteiger partial charge is 0.228 e. The van der Waals surface area contributed by atoms with E-state index in [0.29, 0.717) is 5.58 Å². The number of ketones is 1. The summed E-state index contributed by atoms with van der Waals surface area (Å²) in [6, 6.07) is 10.2. The van der Waals surface area contributed by atoms with Gasteiger partial charge in [-0.1, -0.05) is 11.6 Å². The summed E-state index contributed by atoms with van der Waals surface area (Å²) in [6.45, 7) is 1.93. The van der Waals surface area contributed by atoms with E-state index in [1.807, 2.05) is 19.1 Å². The SMILES string of the molecule is Cc1ccc2oc(C(=O)c3ccc(F)c(F)c3)cc2c1. The first-order valence-corrected chi connectivity index (χ1v) is 6.04. The average Bonchev–Trinajstić information content (AvgIpc) is 2.84. The lowest BCUT2D eigenvalue weighted by Crippen LogP contribution is -2.00. The Morgan fingerprint density at radius 1 is 1.00 bits per heavy atom. The van der Waals surface area contributed by atoms with E-state index < -0.39 is 17.4 Å². The van der Waals surface area contributed by atoms with E-state index in [1.54, 1.807) is 12.1 Å². The van der Waals surface area contributed by atoms with Gasteiger partial charge in [0.05, 0.1) is 0 Å². The molecule has 4 heteroatoms. The minimum atomic E-state index is -1.05. The Labute approximate surface area is 113 Å². The van der Waals surface area contributed by atoms with Gasteiger partial charge >= 0.3 is 0 Å². The fourth-order valence-electron chi connectivity index (χ4n) is 2.05. The summed E-state index contributed by atoms with van der Waals surface area (Å²) in [5.41, 5.74) is 1.69. The molecule has 0 spiro atoms. The topological polar surface area (TPSA) is 30.2 Å². The Balaban J connectivity index is 2.05. The van der Waals surface area contributed by atoms with Crippen LogP contribution in [0.25, 0.3) is 11.0 Å². The standard InChI is InChI=1S/C16H10F2O2/c1-9-2-5-14-11(6-9)8-15(20-14)16(19)10-3-4-12(17)13(18)7-10/h2-8H,1H3. The van der Waals surface area contributed by atoms with E-state index in [4.69, 9.17) is 4.42 Å². The molecule has 1 aromatic heterocycles. The van der Waals surface area contributed by atoms with Gasteiger partial charge in [0.2, 0.25) is 5.78 Å². The summed E-state index contributed by atoms with van der Waals surface area (Å²) >= 11 is 0. The first-order chi connectivity index (χ1) is 9.54. The number of rotatable bonds is 2. The molecule has 1 heterocycles. The van der Waals surface area contributed by atoms with Gasteiger partial charge < -0.3 is 4.42 Å². The predicted octanol–water partition coefficient (Wildman–Crippen LogP) is 4.25. The highest BCUT2D eigenvalue weighted by molar-refractivity contribution is 6.09. The number of carbonyl (C=O) groups is 1. The van der Waals surface area contributed by atoms with Crippen LogP contribution in [0.4, 0.5) is 8.78 Å². The van der Waals surface area contributed by atoms with Crippen LogP contribution in [0.3, 0.4) is 0 Å². The third kappa shape index (κ3) is 2.09. The highest BCUT2D eigenvalue weighted by Gasteiger charge is 2.16. The van der Waals surface area contributed by atoms with Gasteiger partial charge in [-0.3, -0.25) is 4.79 Å². The van der Waals surface area contributed by atoms with E-state index in [2.05, 4.69) is 0 Å². The van der Waals surface area contributed by atoms with Crippen molar-refractivity contribution < 1.29 is 18.0 Å². The summed E-state index contributed by atoms with van der Waals surface area (Å²) in [5, 5.41) is 0.802. The van der Waals surface area contributed by atoms with Crippen molar-refractivity contribution in [2.24, 2.45) is 0 Å². The summed E-state index contributed by atoms with van der Waals surface area (Å²) in [4.78, 5) is 12.2. The molecule has 0 atom stereocenters. The molecule has 0 fully saturated rings. The van der Waals surface area contributed by atoms with Gasteiger partial charge in [0, 0.05) is 10.9 Å². The number of furan rings is 1. The van der Waals surface area contributed by atoms with Crippen molar-refractivity contribution in [3.05, 3.63) is 71.0 Å². The third-order valence-corrected chi connectivity index (χ3v) is 3.08. The Morgan fingerprint density at radius 3 is 2.55 bits per heavy atom. The molecule has 3 aromatic rings. The number of hydrogen-bond acceptors (Lipinski definition) is 2.